The van der Waals surface area contributed by atoms with Crippen LogP contribution in [0.3, 0.4) is 0 Å². The molecule has 0 radical (unpaired) electrons. The van der Waals surface area contributed by atoms with Gasteiger partial charge >= 0.3 is 0 Å². The maximum Gasteiger partial charge on any atom is 0.106 e. The van der Waals surface area contributed by atoms with Crippen LogP contribution in [0.15, 0.2) is 10.3 Å². The zero-order chi connectivity index (χ0) is 10.1. The van der Waals surface area contributed by atoms with E-state index in [1.165, 1.54) is 0 Å². The van der Waals surface area contributed by atoms with Crippen molar-refractivity contribution in [3.05, 3.63) is 0 Å². The average Bonchev–Trinajstić information content (AvgIpc) is 2.12. The molecule has 0 atom stereocenters. The summed E-state index contributed by atoms with van der Waals surface area (Å²) in [4.78, 5) is 9.35. The van der Waals surface area contributed by atoms with E-state index < -0.39 is 0 Å². The molecule has 0 aliphatic heterocycles. The van der Waals surface area contributed by atoms with Crippen molar-refractivity contribution in [2.75, 3.05) is 14.2 Å². The summed E-state index contributed by atoms with van der Waals surface area (Å²) in [6.45, 7) is 3.99. The van der Waals surface area contributed by atoms with E-state index >= 15 is 0 Å². The Morgan fingerprint density at radius 1 is 1.08 bits per heavy atom. The van der Waals surface area contributed by atoms with E-state index in [-0.39, 0.29) is 0 Å². The lowest BCUT2D eigenvalue weighted by atomic mass is 10.1. The molecule has 0 bridgehead atoms. The Morgan fingerprint density at radius 2 is 1.69 bits per heavy atom. The molecule has 0 spiro atoms. The van der Waals surface area contributed by atoms with Crippen molar-refractivity contribution >= 4 is 11.4 Å². The van der Waals surface area contributed by atoms with Gasteiger partial charge in [-0.25, -0.2) is 0 Å². The third kappa shape index (κ3) is 6.13. The Kier molecular flexibility index (Phi) is 6.96. The number of oxime groups is 2. The third-order valence-corrected chi connectivity index (χ3v) is 1.65. The van der Waals surface area contributed by atoms with Gasteiger partial charge in [-0.3, -0.25) is 0 Å². The van der Waals surface area contributed by atoms with Crippen LogP contribution >= 0.6 is 0 Å². The summed E-state index contributed by atoms with van der Waals surface area (Å²) in [6.07, 6.45) is 2.65. The molecule has 0 amide bonds. The molecule has 0 heterocycles. The van der Waals surface area contributed by atoms with Gasteiger partial charge in [0, 0.05) is 0 Å². The molecule has 0 fully saturated rings. The first-order chi connectivity index (χ1) is 6.24. The molecule has 0 unspecified atom stereocenters. The first kappa shape index (κ1) is 11.9. The van der Waals surface area contributed by atoms with Crippen molar-refractivity contribution in [1.82, 2.24) is 0 Å². The van der Waals surface area contributed by atoms with Gasteiger partial charge in [0.15, 0.2) is 0 Å². The van der Waals surface area contributed by atoms with Gasteiger partial charge in [-0.1, -0.05) is 17.2 Å². The molecule has 4 nitrogen and oxygen atoms in total. The monoisotopic (exact) mass is 186 g/mol. The second kappa shape index (κ2) is 7.58. The standard InChI is InChI=1S/C9H18N2O2/c1-5-9(11-13-4)7-6-8(2)10-12-3/h5-7H2,1-4H3/b10-8+,11-9+. The highest BCUT2D eigenvalue weighted by Crippen LogP contribution is 2.00. The molecule has 76 valence electrons. The van der Waals surface area contributed by atoms with Crippen LogP contribution in [0, 0.1) is 0 Å². The molecule has 0 aliphatic rings. The van der Waals surface area contributed by atoms with Gasteiger partial charge in [-0.15, -0.1) is 0 Å². The van der Waals surface area contributed by atoms with Crippen molar-refractivity contribution < 1.29 is 9.68 Å². The molecular weight excluding hydrogens is 168 g/mol. The van der Waals surface area contributed by atoms with Crippen LogP contribution in [0.1, 0.15) is 33.1 Å². The maximum absolute atomic E-state index is 4.70. The Labute approximate surface area is 79.6 Å². The van der Waals surface area contributed by atoms with E-state index in [0.29, 0.717) is 0 Å². The van der Waals surface area contributed by atoms with Gasteiger partial charge in [0.2, 0.25) is 0 Å². The molecule has 0 aliphatic carbocycles. The molecule has 0 aromatic rings. The van der Waals surface area contributed by atoms with Crippen LogP contribution in [0.5, 0.6) is 0 Å². The minimum atomic E-state index is 0.865. The van der Waals surface area contributed by atoms with Crippen LogP contribution in [-0.4, -0.2) is 25.6 Å². The van der Waals surface area contributed by atoms with Gasteiger partial charge in [0.1, 0.15) is 14.2 Å². The first-order valence-electron chi connectivity index (χ1n) is 4.40. The van der Waals surface area contributed by atoms with E-state index in [0.717, 1.165) is 30.7 Å². The fourth-order valence-electron chi connectivity index (χ4n) is 0.943. The highest BCUT2D eigenvalue weighted by Gasteiger charge is 1.99. The van der Waals surface area contributed by atoms with Gasteiger partial charge in [-0.05, 0) is 26.2 Å². The SMILES string of the molecule is CC/C(CC/C(C)=N/OC)=N\OC. The highest BCUT2D eigenvalue weighted by molar-refractivity contribution is 5.89. The number of rotatable bonds is 6. The number of hydrogen-bond donors (Lipinski definition) is 0. The molecule has 0 aromatic heterocycles. The maximum atomic E-state index is 4.70. The van der Waals surface area contributed by atoms with Gasteiger partial charge in [0.05, 0.1) is 11.4 Å². The van der Waals surface area contributed by atoms with E-state index in [1.54, 1.807) is 14.2 Å². The second-order valence-electron chi connectivity index (χ2n) is 2.70. The van der Waals surface area contributed by atoms with E-state index in [9.17, 15) is 0 Å². The molecular formula is C9H18N2O2. The molecule has 0 aromatic carbocycles. The fourth-order valence-corrected chi connectivity index (χ4v) is 0.943. The lowest BCUT2D eigenvalue weighted by Gasteiger charge is -2.01. The van der Waals surface area contributed by atoms with Crippen molar-refractivity contribution in [2.24, 2.45) is 10.3 Å². The van der Waals surface area contributed by atoms with Gasteiger partial charge in [0.25, 0.3) is 0 Å². The first-order valence-corrected chi connectivity index (χ1v) is 4.40. The normalized spacial score (nSPS) is 12.9. The second-order valence-corrected chi connectivity index (χ2v) is 2.70. The summed E-state index contributed by atoms with van der Waals surface area (Å²) in [7, 11) is 3.11. The van der Waals surface area contributed by atoms with E-state index in [2.05, 4.69) is 22.1 Å². The zero-order valence-corrected chi connectivity index (χ0v) is 8.83. The van der Waals surface area contributed by atoms with Crippen LogP contribution < -0.4 is 0 Å². The number of hydrogen-bond acceptors (Lipinski definition) is 4. The van der Waals surface area contributed by atoms with Crippen molar-refractivity contribution in [1.29, 1.82) is 0 Å². The largest absolute Gasteiger partial charge is 0.399 e. The predicted octanol–water partition coefficient (Wildman–Crippen LogP) is 2.20. The summed E-state index contributed by atoms with van der Waals surface area (Å²) in [6, 6.07) is 0. The molecule has 4 heteroatoms. The lowest BCUT2D eigenvalue weighted by Crippen LogP contribution is -2.01. The molecule has 0 N–H and O–H groups in total. The summed E-state index contributed by atoms with van der Waals surface area (Å²) in [5, 5.41) is 7.71. The van der Waals surface area contributed by atoms with Gasteiger partial charge < -0.3 is 9.68 Å². The molecule has 0 saturated heterocycles. The van der Waals surface area contributed by atoms with Crippen LogP contribution in [-0.2, 0) is 9.68 Å². The van der Waals surface area contributed by atoms with Crippen molar-refractivity contribution in [3.63, 3.8) is 0 Å². The fraction of sp³-hybridized carbons (Fsp3) is 0.778. The van der Waals surface area contributed by atoms with Crippen LogP contribution in [0.4, 0.5) is 0 Å². The molecule has 0 saturated carbocycles. The Hall–Kier alpha value is -1.06. The average molecular weight is 186 g/mol. The Bertz CT molecular complexity index is 188. The summed E-state index contributed by atoms with van der Waals surface area (Å²) in [5.41, 5.74) is 2.02. The zero-order valence-electron chi connectivity index (χ0n) is 8.83. The summed E-state index contributed by atoms with van der Waals surface area (Å²) < 4.78 is 0. The Balaban J connectivity index is 3.85. The third-order valence-electron chi connectivity index (χ3n) is 1.65. The predicted molar refractivity (Wildman–Crippen MR) is 54.1 cm³/mol. The quantitative estimate of drug-likeness (QED) is 0.471. The number of nitrogens with zero attached hydrogens (tertiary/aromatic N) is 2. The smallest absolute Gasteiger partial charge is 0.106 e. The van der Waals surface area contributed by atoms with Crippen LogP contribution in [0.25, 0.3) is 0 Å². The van der Waals surface area contributed by atoms with Crippen LogP contribution in [0.2, 0.25) is 0 Å². The highest BCUT2D eigenvalue weighted by atomic mass is 16.6. The summed E-state index contributed by atoms with van der Waals surface area (Å²) in [5.74, 6) is 0. The van der Waals surface area contributed by atoms with E-state index in [4.69, 9.17) is 4.84 Å². The van der Waals surface area contributed by atoms with Crippen molar-refractivity contribution in [2.45, 2.75) is 33.1 Å². The Morgan fingerprint density at radius 3 is 2.15 bits per heavy atom. The summed E-state index contributed by atoms with van der Waals surface area (Å²) >= 11 is 0. The lowest BCUT2D eigenvalue weighted by molar-refractivity contribution is 0.210. The minimum absolute atomic E-state index is 0.865. The van der Waals surface area contributed by atoms with Gasteiger partial charge in [-0.2, -0.15) is 0 Å². The minimum Gasteiger partial charge on any atom is -0.399 e. The van der Waals surface area contributed by atoms with E-state index in [1.807, 2.05) is 6.92 Å². The topological polar surface area (TPSA) is 43.2 Å². The van der Waals surface area contributed by atoms with Crippen molar-refractivity contribution in [3.8, 4) is 0 Å². The molecule has 13 heavy (non-hydrogen) atoms. The molecule has 0 rings (SSSR count).